The Morgan fingerprint density at radius 2 is 2.04 bits per heavy atom. The number of unbranched alkanes of at least 4 members (excludes halogenated alkanes) is 1. The van der Waals surface area contributed by atoms with Gasteiger partial charge in [-0.3, -0.25) is 4.99 Å². The first kappa shape index (κ1) is 21.1. The number of thiazole rings is 1. The fourth-order valence-electron chi connectivity index (χ4n) is 2.22. The van der Waals surface area contributed by atoms with E-state index in [1.165, 1.54) is 17.7 Å². The van der Waals surface area contributed by atoms with Gasteiger partial charge in [-0.25, -0.2) is 4.98 Å². The van der Waals surface area contributed by atoms with E-state index in [1.807, 2.05) is 25.3 Å². The van der Waals surface area contributed by atoms with Gasteiger partial charge in [0.1, 0.15) is 16.6 Å². The van der Waals surface area contributed by atoms with Crippen molar-refractivity contribution >= 4 is 17.2 Å². The number of benzene rings is 1. The van der Waals surface area contributed by atoms with Gasteiger partial charge in [-0.05, 0) is 38.4 Å². The molecule has 0 aliphatic rings. The van der Waals surface area contributed by atoms with Crippen molar-refractivity contribution in [3.8, 4) is 16.3 Å². The van der Waals surface area contributed by atoms with Gasteiger partial charge >= 0.3 is 0 Å². The zero-order valence-corrected chi connectivity index (χ0v) is 16.7. The highest BCUT2D eigenvalue weighted by atomic mass is 32.1. The van der Waals surface area contributed by atoms with Crippen molar-refractivity contribution in [1.82, 2.24) is 4.98 Å². The molecule has 1 aromatic heterocycles. The number of nitrogens with zero attached hydrogens (tertiary/aromatic N) is 2. The minimum atomic E-state index is 0.509. The van der Waals surface area contributed by atoms with Crippen molar-refractivity contribution in [2.75, 3.05) is 20.7 Å². The molecule has 25 heavy (non-hydrogen) atoms. The summed E-state index contributed by atoms with van der Waals surface area (Å²) in [7, 11) is 3.35. The van der Waals surface area contributed by atoms with Gasteiger partial charge < -0.3 is 16.2 Å². The molecule has 2 rings (SSSR count). The molecule has 0 atom stereocenters. The van der Waals surface area contributed by atoms with E-state index in [0.29, 0.717) is 5.84 Å². The molecule has 0 unspecified atom stereocenters. The summed E-state index contributed by atoms with van der Waals surface area (Å²) in [6.45, 7) is 7.08. The minimum Gasteiger partial charge on any atom is -0.496 e. The Labute approximate surface area is 155 Å². The lowest BCUT2D eigenvalue weighted by molar-refractivity contribution is 0.412. The Kier molecular flexibility index (Phi) is 9.16. The van der Waals surface area contributed by atoms with Crippen molar-refractivity contribution in [3.63, 3.8) is 0 Å². The van der Waals surface area contributed by atoms with Gasteiger partial charge in [-0.15, -0.1) is 11.3 Å². The summed E-state index contributed by atoms with van der Waals surface area (Å²) in [5.41, 5.74) is 14.0. The molecule has 0 amide bonds. The minimum absolute atomic E-state index is 0.509. The highest BCUT2D eigenvalue weighted by molar-refractivity contribution is 7.15. The smallest absolute Gasteiger partial charge is 0.125 e. The maximum absolute atomic E-state index is 5.97. The molecule has 0 radical (unpaired) electrons. The second-order valence-electron chi connectivity index (χ2n) is 5.59. The van der Waals surface area contributed by atoms with Crippen LogP contribution in [-0.2, 0) is 6.42 Å². The Morgan fingerprint density at radius 3 is 2.48 bits per heavy atom. The third kappa shape index (κ3) is 5.83. The predicted molar refractivity (Wildman–Crippen MR) is 109 cm³/mol. The predicted octanol–water partition coefficient (Wildman–Crippen LogP) is 3.77. The summed E-state index contributed by atoms with van der Waals surface area (Å²) in [6.07, 6.45) is 5.30. The summed E-state index contributed by atoms with van der Waals surface area (Å²) in [4.78, 5) is 9.81. The van der Waals surface area contributed by atoms with Crippen LogP contribution >= 0.6 is 11.3 Å². The number of rotatable bonds is 6. The van der Waals surface area contributed by atoms with Gasteiger partial charge in [0, 0.05) is 34.8 Å². The molecular weight excluding hydrogens is 332 g/mol. The molecule has 6 heteroatoms. The Hall–Kier alpha value is -1.92. The monoisotopic (exact) mass is 362 g/mol. The number of amidine groups is 1. The number of hydrogen-bond acceptors (Lipinski definition) is 5. The number of ether oxygens (including phenoxy) is 1. The molecular formula is C19H30N4OS. The second kappa shape index (κ2) is 10.8. The number of aryl methyl sites for hydroxylation is 1. The standard InChI is InChI=1S/C15H19N3OS.C4H11N/c1-5-11-8-18-15(20-11)10-6-12(14(16)17-3)9(2)13(7-10)19-4;1-2-3-4-5/h6-8H,5H2,1-4H3,(H2,16,17);2-5H2,1H3. The van der Waals surface area contributed by atoms with Crippen LogP contribution in [0.25, 0.3) is 10.6 Å². The molecule has 0 bridgehead atoms. The van der Waals surface area contributed by atoms with E-state index >= 15 is 0 Å². The Balaban J connectivity index is 0.000000550. The lowest BCUT2D eigenvalue weighted by Crippen LogP contribution is -2.15. The van der Waals surface area contributed by atoms with Crippen LogP contribution in [0.2, 0.25) is 0 Å². The van der Waals surface area contributed by atoms with Crippen LogP contribution in [0.1, 0.15) is 42.7 Å². The SMILES string of the molecule is CCCCN.CCc1cnc(-c2cc(OC)c(C)c(C(N)=NC)c2)s1. The maximum Gasteiger partial charge on any atom is 0.125 e. The van der Waals surface area contributed by atoms with Gasteiger partial charge in [0.25, 0.3) is 0 Å². The summed E-state index contributed by atoms with van der Waals surface area (Å²) >= 11 is 1.69. The number of nitrogens with two attached hydrogens (primary N) is 2. The Bertz CT molecular complexity index is 693. The number of methoxy groups -OCH3 is 1. The fourth-order valence-corrected chi connectivity index (χ4v) is 3.06. The van der Waals surface area contributed by atoms with Gasteiger partial charge in [-0.2, -0.15) is 0 Å². The van der Waals surface area contributed by atoms with Gasteiger partial charge in [0.15, 0.2) is 0 Å². The molecule has 0 saturated heterocycles. The number of hydrogen-bond donors (Lipinski definition) is 2. The zero-order valence-electron chi connectivity index (χ0n) is 15.9. The van der Waals surface area contributed by atoms with Crippen LogP contribution in [0.3, 0.4) is 0 Å². The molecule has 2 aromatic rings. The first-order chi connectivity index (χ1) is 12.0. The first-order valence-electron chi connectivity index (χ1n) is 8.58. The van der Waals surface area contributed by atoms with E-state index in [1.54, 1.807) is 25.5 Å². The van der Waals surface area contributed by atoms with Crippen molar-refractivity contribution < 1.29 is 4.74 Å². The summed E-state index contributed by atoms with van der Waals surface area (Å²) < 4.78 is 5.44. The summed E-state index contributed by atoms with van der Waals surface area (Å²) in [5, 5.41) is 0.977. The van der Waals surface area contributed by atoms with Crippen LogP contribution in [0, 0.1) is 6.92 Å². The highest BCUT2D eigenvalue weighted by Crippen LogP contribution is 2.32. The van der Waals surface area contributed by atoms with Crippen molar-refractivity contribution in [2.24, 2.45) is 16.5 Å². The third-order valence-corrected chi connectivity index (χ3v) is 4.99. The molecule has 138 valence electrons. The normalized spacial score (nSPS) is 11.0. The molecule has 1 heterocycles. The van der Waals surface area contributed by atoms with Gasteiger partial charge in [0.05, 0.1) is 7.11 Å². The lowest BCUT2D eigenvalue weighted by atomic mass is 10.0. The first-order valence-corrected chi connectivity index (χ1v) is 9.40. The van der Waals surface area contributed by atoms with Crippen molar-refractivity contribution in [1.29, 1.82) is 0 Å². The fraction of sp³-hybridized carbons (Fsp3) is 0.474. The summed E-state index contributed by atoms with van der Waals surface area (Å²) in [5.74, 6) is 1.31. The average molecular weight is 363 g/mol. The third-order valence-electron chi connectivity index (χ3n) is 3.80. The van der Waals surface area contributed by atoms with E-state index < -0.39 is 0 Å². The van der Waals surface area contributed by atoms with Crippen molar-refractivity contribution in [2.45, 2.75) is 40.0 Å². The number of aromatic nitrogens is 1. The molecule has 0 spiro atoms. The van der Waals surface area contributed by atoms with E-state index in [9.17, 15) is 0 Å². The number of aliphatic imine (C=N–C) groups is 1. The molecule has 4 N–H and O–H groups in total. The largest absolute Gasteiger partial charge is 0.496 e. The molecule has 1 aromatic carbocycles. The molecule has 0 saturated carbocycles. The lowest BCUT2D eigenvalue weighted by Gasteiger charge is -2.12. The van der Waals surface area contributed by atoms with E-state index in [2.05, 4.69) is 23.8 Å². The zero-order chi connectivity index (χ0) is 18.8. The van der Waals surface area contributed by atoms with Crippen LogP contribution in [0.4, 0.5) is 0 Å². The molecule has 0 aliphatic carbocycles. The maximum atomic E-state index is 5.97. The van der Waals surface area contributed by atoms with Gasteiger partial charge in [0.2, 0.25) is 0 Å². The van der Waals surface area contributed by atoms with Crippen molar-refractivity contribution in [3.05, 3.63) is 34.3 Å². The molecule has 0 fully saturated rings. The van der Waals surface area contributed by atoms with Crippen LogP contribution in [0.5, 0.6) is 5.75 Å². The molecule has 5 nitrogen and oxygen atoms in total. The topological polar surface area (TPSA) is 86.5 Å². The van der Waals surface area contributed by atoms with Gasteiger partial charge in [-0.1, -0.05) is 20.3 Å². The van der Waals surface area contributed by atoms with E-state index in [-0.39, 0.29) is 0 Å². The second-order valence-corrected chi connectivity index (χ2v) is 6.70. The van der Waals surface area contributed by atoms with Crippen LogP contribution in [0.15, 0.2) is 23.3 Å². The van der Waals surface area contributed by atoms with Crippen LogP contribution in [-0.4, -0.2) is 31.5 Å². The highest BCUT2D eigenvalue weighted by Gasteiger charge is 2.13. The van der Waals surface area contributed by atoms with E-state index in [0.717, 1.165) is 40.4 Å². The van der Waals surface area contributed by atoms with E-state index in [4.69, 9.17) is 16.2 Å². The van der Waals surface area contributed by atoms with Crippen LogP contribution < -0.4 is 16.2 Å². The quantitative estimate of drug-likeness (QED) is 0.605. The average Bonchev–Trinajstić information content (AvgIpc) is 3.11. The summed E-state index contributed by atoms with van der Waals surface area (Å²) in [6, 6.07) is 4.03. The molecule has 0 aliphatic heterocycles. The Morgan fingerprint density at radius 1 is 1.32 bits per heavy atom.